The smallest absolute Gasteiger partial charge is 0.239 e. The first-order valence-corrected chi connectivity index (χ1v) is 10.3. The Hall–Kier alpha value is -2.18. The maximum Gasteiger partial charge on any atom is 0.239 e. The minimum atomic E-state index is -0.195. The van der Waals surface area contributed by atoms with Gasteiger partial charge in [0.15, 0.2) is 0 Å². The molecule has 0 spiro atoms. The van der Waals surface area contributed by atoms with E-state index in [1.54, 1.807) is 11.3 Å². The monoisotopic (exact) mass is 387 g/mol. The van der Waals surface area contributed by atoms with Crippen LogP contribution in [0.3, 0.4) is 0 Å². The first-order chi connectivity index (χ1) is 13.0. The van der Waals surface area contributed by atoms with Crippen molar-refractivity contribution in [1.82, 2.24) is 16.0 Å². The fourth-order valence-corrected chi connectivity index (χ4v) is 3.68. The van der Waals surface area contributed by atoms with Gasteiger partial charge in [0.05, 0.1) is 19.1 Å². The van der Waals surface area contributed by atoms with E-state index in [0.717, 1.165) is 16.9 Å². The van der Waals surface area contributed by atoms with Crippen LogP contribution in [0.15, 0.2) is 41.8 Å². The van der Waals surface area contributed by atoms with Crippen LogP contribution in [-0.4, -0.2) is 31.4 Å². The van der Waals surface area contributed by atoms with Crippen molar-refractivity contribution in [2.24, 2.45) is 5.92 Å². The van der Waals surface area contributed by atoms with Crippen molar-refractivity contribution < 1.29 is 9.59 Å². The van der Waals surface area contributed by atoms with Crippen molar-refractivity contribution in [3.63, 3.8) is 0 Å². The van der Waals surface area contributed by atoms with E-state index in [4.69, 9.17) is 0 Å². The average molecular weight is 388 g/mol. The van der Waals surface area contributed by atoms with Crippen LogP contribution in [0.5, 0.6) is 0 Å². The van der Waals surface area contributed by atoms with Gasteiger partial charge in [-0.1, -0.05) is 44.2 Å². The second-order valence-electron chi connectivity index (χ2n) is 6.90. The van der Waals surface area contributed by atoms with Crippen LogP contribution in [0.2, 0.25) is 0 Å². The molecule has 3 N–H and O–H groups in total. The number of likely N-dealkylation sites (N-methyl/N-ethyl adjacent to an activating group) is 1. The molecule has 27 heavy (non-hydrogen) atoms. The number of rotatable bonds is 10. The van der Waals surface area contributed by atoms with Gasteiger partial charge in [0.1, 0.15) is 0 Å². The van der Waals surface area contributed by atoms with Crippen LogP contribution in [-0.2, 0) is 16.0 Å². The molecule has 0 fully saturated rings. The van der Waals surface area contributed by atoms with Gasteiger partial charge < -0.3 is 10.6 Å². The molecule has 0 saturated carbocycles. The van der Waals surface area contributed by atoms with Gasteiger partial charge in [0.25, 0.3) is 0 Å². The molecule has 1 heterocycles. The van der Waals surface area contributed by atoms with Crippen molar-refractivity contribution in [1.29, 1.82) is 0 Å². The Labute approximate surface area is 165 Å². The maximum absolute atomic E-state index is 12.1. The number of carbonyl (C=O) groups excluding carboxylic acids is 2. The van der Waals surface area contributed by atoms with Crippen molar-refractivity contribution >= 4 is 23.2 Å². The molecule has 1 atom stereocenters. The lowest BCUT2D eigenvalue weighted by Gasteiger charge is -2.18. The van der Waals surface area contributed by atoms with E-state index in [2.05, 4.69) is 60.1 Å². The van der Waals surface area contributed by atoms with Gasteiger partial charge in [0, 0.05) is 11.4 Å². The van der Waals surface area contributed by atoms with E-state index in [9.17, 15) is 9.59 Å². The maximum atomic E-state index is 12.1. The molecular formula is C21H29N3O2S. The fourth-order valence-electron chi connectivity index (χ4n) is 2.85. The van der Waals surface area contributed by atoms with Crippen LogP contribution in [0, 0.1) is 5.92 Å². The third-order valence-electron chi connectivity index (χ3n) is 4.07. The Kier molecular flexibility index (Phi) is 8.48. The molecule has 2 amide bonds. The van der Waals surface area contributed by atoms with Crippen molar-refractivity contribution in [2.75, 3.05) is 19.6 Å². The Morgan fingerprint density at radius 3 is 2.30 bits per heavy atom. The van der Waals surface area contributed by atoms with Crippen LogP contribution in [0.25, 0.3) is 0 Å². The standard InChI is InChI=1S/C21H29N3O2S/c1-4-22-19(25)13-23-20(26)14-24-21(18-6-5-11-27-18)17-9-7-16(8-10-17)12-15(2)3/h5-11,15,21,24H,4,12-14H2,1-3H3,(H,22,25)(H,23,26)/t21-/m1/s1. The summed E-state index contributed by atoms with van der Waals surface area (Å²) in [6.45, 7) is 6.98. The molecule has 5 nitrogen and oxygen atoms in total. The molecule has 0 aliphatic rings. The number of carbonyl (C=O) groups is 2. The minimum absolute atomic E-state index is 0.00191. The number of hydrogen-bond donors (Lipinski definition) is 3. The zero-order valence-corrected chi connectivity index (χ0v) is 17.1. The second kappa shape index (κ2) is 10.8. The largest absolute Gasteiger partial charge is 0.355 e. The topological polar surface area (TPSA) is 70.2 Å². The lowest BCUT2D eigenvalue weighted by molar-refractivity contribution is -0.125. The van der Waals surface area contributed by atoms with Gasteiger partial charge in [-0.3, -0.25) is 14.9 Å². The van der Waals surface area contributed by atoms with Gasteiger partial charge in [-0.15, -0.1) is 11.3 Å². The first kappa shape index (κ1) is 21.1. The van der Waals surface area contributed by atoms with Crippen molar-refractivity contribution in [3.05, 3.63) is 57.8 Å². The Bertz CT molecular complexity index is 712. The molecule has 2 aromatic rings. The molecule has 2 rings (SSSR count). The number of nitrogens with one attached hydrogen (secondary N) is 3. The lowest BCUT2D eigenvalue weighted by Crippen LogP contribution is -2.41. The summed E-state index contributed by atoms with van der Waals surface area (Å²) in [5.74, 6) is 0.247. The predicted molar refractivity (Wildman–Crippen MR) is 111 cm³/mol. The van der Waals surface area contributed by atoms with E-state index < -0.39 is 0 Å². The zero-order valence-electron chi connectivity index (χ0n) is 16.2. The van der Waals surface area contributed by atoms with Gasteiger partial charge >= 0.3 is 0 Å². The summed E-state index contributed by atoms with van der Waals surface area (Å²) in [4.78, 5) is 24.7. The quantitative estimate of drug-likeness (QED) is 0.587. The Morgan fingerprint density at radius 1 is 1.00 bits per heavy atom. The number of thiophene rings is 1. The van der Waals surface area contributed by atoms with Gasteiger partial charge in [0.2, 0.25) is 11.8 Å². The second-order valence-corrected chi connectivity index (χ2v) is 7.88. The SMILES string of the molecule is CCNC(=O)CNC(=O)CN[C@H](c1ccc(CC(C)C)cc1)c1cccs1. The lowest BCUT2D eigenvalue weighted by atomic mass is 9.99. The van der Waals surface area contributed by atoms with E-state index in [-0.39, 0.29) is 30.9 Å². The zero-order chi connectivity index (χ0) is 19.6. The highest BCUT2D eigenvalue weighted by molar-refractivity contribution is 7.10. The molecule has 146 valence electrons. The summed E-state index contributed by atoms with van der Waals surface area (Å²) in [7, 11) is 0. The summed E-state index contributed by atoms with van der Waals surface area (Å²) >= 11 is 1.66. The summed E-state index contributed by atoms with van der Waals surface area (Å²) in [6, 6.07) is 12.6. The molecular weight excluding hydrogens is 358 g/mol. The fraction of sp³-hybridized carbons (Fsp3) is 0.429. The van der Waals surface area contributed by atoms with Crippen LogP contribution in [0.4, 0.5) is 0 Å². The first-order valence-electron chi connectivity index (χ1n) is 9.38. The molecule has 0 unspecified atom stereocenters. The summed E-state index contributed by atoms with van der Waals surface area (Å²) < 4.78 is 0. The van der Waals surface area contributed by atoms with Crippen LogP contribution in [0.1, 0.15) is 42.8 Å². The molecule has 0 radical (unpaired) electrons. The van der Waals surface area contributed by atoms with E-state index >= 15 is 0 Å². The summed E-state index contributed by atoms with van der Waals surface area (Å²) in [5, 5.41) is 10.7. The van der Waals surface area contributed by atoms with Crippen molar-refractivity contribution in [3.8, 4) is 0 Å². The third-order valence-corrected chi connectivity index (χ3v) is 5.01. The molecule has 1 aromatic heterocycles. The highest BCUT2D eigenvalue weighted by atomic mass is 32.1. The highest BCUT2D eigenvalue weighted by Crippen LogP contribution is 2.26. The summed E-state index contributed by atoms with van der Waals surface area (Å²) in [6.07, 6.45) is 1.06. The summed E-state index contributed by atoms with van der Waals surface area (Å²) in [5.41, 5.74) is 2.44. The molecule has 0 bridgehead atoms. The molecule has 0 aliphatic heterocycles. The van der Waals surface area contributed by atoms with Gasteiger partial charge in [-0.25, -0.2) is 0 Å². The Balaban J connectivity index is 1.99. The molecule has 0 aliphatic carbocycles. The van der Waals surface area contributed by atoms with Crippen molar-refractivity contribution in [2.45, 2.75) is 33.2 Å². The van der Waals surface area contributed by atoms with Gasteiger partial charge in [-0.2, -0.15) is 0 Å². The predicted octanol–water partition coefficient (Wildman–Crippen LogP) is 2.88. The van der Waals surface area contributed by atoms with E-state index in [0.29, 0.717) is 12.5 Å². The average Bonchev–Trinajstić information content (AvgIpc) is 3.15. The Morgan fingerprint density at radius 2 is 1.70 bits per heavy atom. The molecule has 6 heteroatoms. The van der Waals surface area contributed by atoms with Crippen LogP contribution >= 0.6 is 11.3 Å². The number of benzene rings is 1. The number of amides is 2. The van der Waals surface area contributed by atoms with Gasteiger partial charge in [-0.05, 0) is 41.8 Å². The molecule has 1 aromatic carbocycles. The third kappa shape index (κ3) is 7.15. The van der Waals surface area contributed by atoms with E-state index in [1.165, 1.54) is 5.56 Å². The van der Waals surface area contributed by atoms with E-state index in [1.807, 2.05) is 18.4 Å². The molecule has 0 saturated heterocycles. The normalized spacial score (nSPS) is 12.0. The highest BCUT2D eigenvalue weighted by Gasteiger charge is 2.16. The minimum Gasteiger partial charge on any atom is -0.355 e. The van der Waals surface area contributed by atoms with Crippen LogP contribution < -0.4 is 16.0 Å². The number of hydrogen-bond acceptors (Lipinski definition) is 4.